The van der Waals surface area contributed by atoms with Crippen molar-refractivity contribution in [3.63, 3.8) is 0 Å². The molecular formula is C11H10O6. The Morgan fingerprint density at radius 1 is 1.18 bits per heavy atom. The van der Waals surface area contributed by atoms with Gasteiger partial charge in [-0.05, 0) is 0 Å². The van der Waals surface area contributed by atoms with Gasteiger partial charge in [0.2, 0.25) is 11.2 Å². The first kappa shape index (κ1) is 11.1. The van der Waals surface area contributed by atoms with Gasteiger partial charge in [-0.15, -0.1) is 0 Å². The molecule has 0 atom stereocenters. The maximum absolute atomic E-state index is 11.7. The fourth-order valence-corrected chi connectivity index (χ4v) is 1.55. The van der Waals surface area contributed by atoms with Crippen LogP contribution in [0.25, 0.3) is 11.0 Å². The Morgan fingerprint density at radius 2 is 1.88 bits per heavy atom. The quantitative estimate of drug-likeness (QED) is 0.817. The van der Waals surface area contributed by atoms with E-state index in [9.17, 15) is 15.0 Å². The molecule has 0 aliphatic carbocycles. The standard InChI is InChI=1S/C11H10O6/c1-15-8-4-5(12)9-7(17-8)3-6(13)11(16-2)10(9)14/h3-4,13-14H,1-2H3. The van der Waals surface area contributed by atoms with Gasteiger partial charge in [-0.25, -0.2) is 0 Å². The van der Waals surface area contributed by atoms with E-state index in [1.54, 1.807) is 0 Å². The highest BCUT2D eigenvalue weighted by Gasteiger charge is 2.17. The van der Waals surface area contributed by atoms with Crippen LogP contribution < -0.4 is 14.9 Å². The second-order valence-corrected chi connectivity index (χ2v) is 3.28. The van der Waals surface area contributed by atoms with Gasteiger partial charge in [-0.2, -0.15) is 0 Å². The summed E-state index contributed by atoms with van der Waals surface area (Å²) in [7, 11) is 2.61. The van der Waals surface area contributed by atoms with E-state index in [-0.39, 0.29) is 28.4 Å². The summed E-state index contributed by atoms with van der Waals surface area (Å²) < 4.78 is 14.7. The minimum absolute atomic E-state index is 0.00790. The molecule has 6 nitrogen and oxygen atoms in total. The monoisotopic (exact) mass is 238 g/mol. The Kier molecular flexibility index (Phi) is 2.55. The van der Waals surface area contributed by atoms with E-state index in [4.69, 9.17) is 13.9 Å². The van der Waals surface area contributed by atoms with Crippen molar-refractivity contribution in [3.8, 4) is 23.2 Å². The van der Waals surface area contributed by atoms with Gasteiger partial charge in [-0.1, -0.05) is 0 Å². The number of phenols is 2. The summed E-state index contributed by atoms with van der Waals surface area (Å²) >= 11 is 0. The maximum atomic E-state index is 11.7. The number of benzene rings is 1. The number of phenolic OH excluding ortho intramolecular Hbond substituents is 2. The summed E-state index contributed by atoms with van der Waals surface area (Å²) in [6.45, 7) is 0. The van der Waals surface area contributed by atoms with E-state index in [1.807, 2.05) is 0 Å². The molecule has 17 heavy (non-hydrogen) atoms. The minimum atomic E-state index is -0.487. The number of methoxy groups -OCH3 is 2. The molecular weight excluding hydrogens is 228 g/mol. The molecule has 0 aliphatic heterocycles. The Balaban J connectivity index is 2.92. The Morgan fingerprint density at radius 3 is 2.47 bits per heavy atom. The van der Waals surface area contributed by atoms with E-state index in [0.29, 0.717) is 0 Å². The van der Waals surface area contributed by atoms with E-state index in [1.165, 1.54) is 20.3 Å². The van der Waals surface area contributed by atoms with Crippen LogP contribution in [0.15, 0.2) is 21.3 Å². The molecule has 0 fully saturated rings. The SMILES string of the molecule is COc1cc(=O)c2c(O)c(OC)c(O)cc2o1. The van der Waals surface area contributed by atoms with E-state index < -0.39 is 11.2 Å². The lowest BCUT2D eigenvalue weighted by molar-refractivity contribution is 0.308. The number of ether oxygens (including phenoxy) is 2. The third kappa shape index (κ3) is 1.63. The molecule has 0 spiro atoms. The Labute approximate surface area is 95.6 Å². The second-order valence-electron chi connectivity index (χ2n) is 3.28. The first-order valence-corrected chi connectivity index (χ1v) is 4.69. The smallest absolute Gasteiger partial charge is 0.288 e. The average Bonchev–Trinajstić information content (AvgIpc) is 2.28. The molecule has 0 amide bonds. The minimum Gasteiger partial charge on any atom is -0.504 e. The Hall–Kier alpha value is -2.37. The Bertz CT molecular complexity index is 628. The first-order chi connectivity index (χ1) is 8.08. The van der Waals surface area contributed by atoms with Crippen molar-refractivity contribution >= 4 is 11.0 Å². The number of hydrogen-bond donors (Lipinski definition) is 2. The van der Waals surface area contributed by atoms with Crippen LogP contribution in [-0.4, -0.2) is 24.4 Å². The van der Waals surface area contributed by atoms with E-state index in [2.05, 4.69) is 0 Å². The fourth-order valence-electron chi connectivity index (χ4n) is 1.55. The van der Waals surface area contributed by atoms with E-state index in [0.717, 1.165) is 6.07 Å². The van der Waals surface area contributed by atoms with Crippen LogP contribution in [-0.2, 0) is 0 Å². The van der Waals surface area contributed by atoms with Crippen molar-refractivity contribution in [2.45, 2.75) is 0 Å². The summed E-state index contributed by atoms with van der Waals surface area (Å²) in [5.74, 6) is -0.964. The first-order valence-electron chi connectivity index (χ1n) is 4.69. The lowest BCUT2D eigenvalue weighted by Gasteiger charge is -2.08. The van der Waals surface area contributed by atoms with Gasteiger partial charge in [0.05, 0.1) is 20.3 Å². The van der Waals surface area contributed by atoms with Crippen LogP contribution in [0.3, 0.4) is 0 Å². The molecule has 0 saturated carbocycles. The molecule has 0 radical (unpaired) electrons. The maximum Gasteiger partial charge on any atom is 0.288 e. The topological polar surface area (TPSA) is 89.1 Å². The summed E-state index contributed by atoms with van der Waals surface area (Å²) in [6, 6.07) is 2.27. The summed E-state index contributed by atoms with van der Waals surface area (Å²) in [6.07, 6.45) is 0. The fraction of sp³-hybridized carbons (Fsp3) is 0.182. The second kappa shape index (κ2) is 3.89. The number of rotatable bonds is 2. The van der Waals surface area contributed by atoms with Crippen molar-refractivity contribution in [3.05, 3.63) is 22.4 Å². The van der Waals surface area contributed by atoms with Gasteiger partial charge < -0.3 is 24.1 Å². The van der Waals surface area contributed by atoms with Crippen molar-refractivity contribution in [1.82, 2.24) is 0 Å². The van der Waals surface area contributed by atoms with Crippen LogP contribution in [0.5, 0.6) is 23.2 Å². The molecule has 1 aromatic carbocycles. The zero-order valence-electron chi connectivity index (χ0n) is 9.18. The van der Waals surface area contributed by atoms with Crippen molar-refractivity contribution in [2.24, 2.45) is 0 Å². The van der Waals surface area contributed by atoms with Gasteiger partial charge in [0.1, 0.15) is 11.0 Å². The van der Waals surface area contributed by atoms with Crippen LogP contribution in [0, 0.1) is 0 Å². The third-order valence-electron chi connectivity index (χ3n) is 2.31. The predicted octanol–water partition coefficient (Wildman–Crippen LogP) is 1.22. The zero-order valence-corrected chi connectivity index (χ0v) is 9.18. The average molecular weight is 238 g/mol. The number of aromatic hydroxyl groups is 2. The molecule has 2 rings (SSSR count). The normalized spacial score (nSPS) is 10.5. The summed E-state index contributed by atoms with van der Waals surface area (Å²) in [5, 5.41) is 19.3. The molecule has 1 heterocycles. The third-order valence-corrected chi connectivity index (χ3v) is 2.31. The van der Waals surface area contributed by atoms with Crippen molar-refractivity contribution < 1.29 is 24.1 Å². The highest BCUT2D eigenvalue weighted by Crippen LogP contribution is 2.41. The van der Waals surface area contributed by atoms with Gasteiger partial charge >= 0.3 is 0 Å². The van der Waals surface area contributed by atoms with Gasteiger partial charge in [0, 0.05) is 6.07 Å². The van der Waals surface area contributed by atoms with Crippen LogP contribution >= 0.6 is 0 Å². The predicted molar refractivity (Wildman–Crippen MR) is 58.9 cm³/mol. The molecule has 2 N–H and O–H groups in total. The highest BCUT2D eigenvalue weighted by molar-refractivity contribution is 5.88. The molecule has 2 aromatic rings. The lowest BCUT2D eigenvalue weighted by atomic mass is 10.2. The molecule has 0 saturated heterocycles. The van der Waals surface area contributed by atoms with Gasteiger partial charge in [0.25, 0.3) is 5.95 Å². The highest BCUT2D eigenvalue weighted by atomic mass is 16.6. The van der Waals surface area contributed by atoms with Gasteiger partial charge in [0.15, 0.2) is 11.5 Å². The van der Waals surface area contributed by atoms with Crippen LogP contribution in [0.1, 0.15) is 0 Å². The zero-order chi connectivity index (χ0) is 12.6. The summed E-state index contributed by atoms with van der Waals surface area (Å²) in [4.78, 5) is 11.7. The number of hydrogen-bond acceptors (Lipinski definition) is 6. The van der Waals surface area contributed by atoms with Crippen molar-refractivity contribution in [1.29, 1.82) is 0 Å². The molecule has 0 aliphatic rings. The van der Waals surface area contributed by atoms with Crippen LogP contribution in [0.2, 0.25) is 0 Å². The molecule has 90 valence electrons. The van der Waals surface area contributed by atoms with E-state index >= 15 is 0 Å². The summed E-state index contributed by atoms with van der Waals surface area (Å²) in [5.41, 5.74) is -0.468. The van der Waals surface area contributed by atoms with Crippen LogP contribution in [0.4, 0.5) is 0 Å². The number of fused-ring (bicyclic) bond motifs is 1. The van der Waals surface area contributed by atoms with Crippen molar-refractivity contribution in [2.75, 3.05) is 14.2 Å². The molecule has 6 heteroatoms. The largest absolute Gasteiger partial charge is 0.504 e. The molecule has 1 aromatic heterocycles. The molecule has 0 bridgehead atoms. The molecule has 0 unspecified atom stereocenters. The lowest BCUT2D eigenvalue weighted by Crippen LogP contribution is -2.02. The van der Waals surface area contributed by atoms with Gasteiger partial charge in [-0.3, -0.25) is 4.79 Å².